The number of rotatable bonds is 4. The molecule has 32 heavy (non-hydrogen) atoms. The molecular formula is C23H16Cl3N3O3. The molecular weight excluding hydrogens is 473 g/mol. The van der Waals surface area contributed by atoms with E-state index in [0.717, 1.165) is 16.0 Å². The summed E-state index contributed by atoms with van der Waals surface area (Å²) in [5.74, 6) is -1.50. The third-order valence-corrected chi connectivity index (χ3v) is 6.16. The van der Waals surface area contributed by atoms with E-state index in [1.807, 2.05) is 16.8 Å². The van der Waals surface area contributed by atoms with Crippen LogP contribution in [0.1, 0.15) is 16.8 Å². The summed E-state index contributed by atoms with van der Waals surface area (Å²) in [4.78, 5) is 38.9. The molecule has 1 fully saturated rings. The fourth-order valence-corrected chi connectivity index (χ4v) is 3.79. The number of barbiturate groups is 1. The summed E-state index contributed by atoms with van der Waals surface area (Å²) in [6.45, 7) is 2.25. The van der Waals surface area contributed by atoms with Gasteiger partial charge in [-0.2, -0.15) is 0 Å². The number of hydrogen-bond acceptors (Lipinski definition) is 3. The first kappa shape index (κ1) is 22.1. The van der Waals surface area contributed by atoms with E-state index >= 15 is 0 Å². The first-order valence-corrected chi connectivity index (χ1v) is 10.6. The van der Waals surface area contributed by atoms with Crippen LogP contribution < -0.4 is 10.2 Å². The second-order valence-electron chi connectivity index (χ2n) is 7.20. The lowest BCUT2D eigenvalue weighted by Gasteiger charge is -2.26. The summed E-state index contributed by atoms with van der Waals surface area (Å²) < 4.78 is 1.84. The van der Waals surface area contributed by atoms with Crippen LogP contribution in [0.5, 0.6) is 0 Å². The van der Waals surface area contributed by atoms with Gasteiger partial charge in [-0.1, -0.05) is 46.9 Å². The van der Waals surface area contributed by atoms with Crippen LogP contribution in [0.3, 0.4) is 0 Å². The van der Waals surface area contributed by atoms with Crippen molar-refractivity contribution < 1.29 is 14.4 Å². The molecule has 1 aliphatic rings. The maximum Gasteiger partial charge on any atom is 0.335 e. The molecule has 162 valence electrons. The highest BCUT2D eigenvalue weighted by Crippen LogP contribution is 2.27. The molecule has 4 amide bonds. The molecule has 2 heterocycles. The average molecular weight is 489 g/mol. The number of carbonyl (C=O) groups excluding carboxylic acids is 3. The Morgan fingerprint density at radius 3 is 2.44 bits per heavy atom. The molecule has 0 spiro atoms. The Kier molecular flexibility index (Phi) is 6.11. The molecule has 1 aromatic heterocycles. The van der Waals surface area contributed by atoms with Gasteiger partial charge < -0.3 is 4.57 Å². The highest BCUT2D eigenvalue weighted by molar-refractivity contribution is 6.42. The Balaban J connectivity index is 1.67. The van der Waals surface area contributed by atoms with Gasteiger partial charge in [-0.3, -0.25) is 14.9 Å². The fourth-order valence-electron chi connectivity index (χ4n) is 3.30. The Labute approximate surface area is 199 Å². The number of hydrogen-bond donors (Lipinski definition) is 1. The van der Waals surface area contributed by atoms with Crippen LogP contribution in [-0.4, -0.2) is 22.4 Å². The second kappa shape index (κ2) is 8.82. The predicted octanol–water partition coefficient (Wildman–Crippen LogP) is 5.47. The summed E-state index contributed by atoms with van der Waals surface area (Å²) >= 11 is 18.2. The quantitative estimate of drug-likeness (QED) is 0.391. The smallest absolute Gasteiger partial charge is 0.335 e. The van der Waals surface area contributed by atoms with Crippen LogP contribution in [0, 0.1) is 6.92 Å². The number of nitrogens with zero attached hydrogens (tertiary/aromatic N) is 2. The topological polar surface area (TPSA) is 71.4 Å². The van der Waals surface area contributed by atoms with E-state index in [0.29, 0.717) is 27.3 Å². The van der Waals surface area contributed by atoms with Crippen molar-refractivity contribution >= 4 is 64.4 Å². The zero-order chi connectivity index (χ0) is 23.0. The van der Waals surface area contributed by atoms with Crippen LogP contribution in [0.2, 0.25) is 15.1 Å². The zero-order valence-corrected chi connectivity index (χ0v) is 19.0. The van der Waals surface area contributed by atoms with Crippen molar-refractivity contribution in [2.75, 3.05) is 4.90 Å². The molecule has 1 saturated heterocycles. The van der Waals surface area contributed by atoms with Crippen molar-refractivity contribution in [2.24, 2.45) is 0 Å². The number of anilines is 1. The van der Waals surface area contributed by atoms with Crippen LogP contribution in [0.4, 0.5) is 10.5 Å². The third-order valence-electron chi connectivity index (χ3n) is 5.01. The Bertz CT molecular complexity index is 1300. The van der Waals surface area contributed by atoms with Gasteiger partial charge in [0, 0.05) is 23.5 Å². The van der Waals surface area contributed by atoms with Crippen molar-refractivity contribution in [3.05, 3.63) is 92.2 Å². The maximum atomic E-state index is 13.1. The van der Waals surface area contributed by atoms with E-state index in [9.17, 15) is 14.4 Å². The van der Waals surface area contributed by atoms with Gasteiger partial charge in [0.25, 0.3) is 11.8 Å². The van der Waals surface area contributed by atoms with E-state index < -0.39 is 17.8 Å². The van der Waals surface area contributed by atoms with Crippen molar-refractivity contribution in [3.63, 3.8) is 0 Å². The van der Waals surface area contributed by atoms with Gasteiger partial charge in [-0.05, 0) is 60.5 Å². The monoisotopic (exact) mass is 487 g/mol. The van der Waals surface area contributed by atoms with Gasteiger partial charge in [-0.15, -0.1) is 0 Å². The van der Waals surface area contributed by atoms with Crippen molar-refractivity contribution in [3.8, 4) is 0 Å². The van der Waals surface area contributed by atoms with Gasteiger partial charge in [0.15, 0.2) is 0 Å². The number of halogens is 3. The molecule has 3 aromatic rings. The summed E-state index contributed by atoms with van der Waals surface area (Å²) in [6.07, 6.45) is 3.26. The molecule has 0 bridgehead atoms. The van der Waals surface area contributed by atoms with Gasteiger partial charge >= 0.3 is 6.03 Å². The highest BCUT2D eigenvalue weighted by Gasteiger charge is 2.37. The minimum atomic E-state index is -0.830. The summed E-state index contributed by atoms with van der Waals surface area (Å²) in [7, 11) is 0. The minimum absolute atomic E-state index is 0.171. The first-order chi connectivity index (χ1) is 15.2. The predicted molar refractivity (Wildman–Crippen MR) is 125 cm³/mol. The fraction of sp³-hybridized carbons (Fsp3) is 0.0870. The number of aromatic nitrogens is 1. The SMILES string of the molecule is Cc1ccc(N2C(=O)NC(=O)/C(=C\c3cccn3Cc3ccc(Cl)c(Cl)c3)C2=O)cc1Cl. The molecule has 0 radical (unpaired) electrons. The largest absolute Gasteiger partial charge is 0.344 e. The van der Waals surface area contributed by atoms with E-state index in [2.05, 4.69) is 5.32 Å². The number of imide groups is 2. The molecule has 1 aliphatic heterocycles. The van der Waals surface area contributed by atoms with Gasteiger partial charge in [0.1, 0.15) is 5.57 Å². The molecule has 2 aromatic carbocycles. The lowest BCUT2D eigenvalue weighted by Crippen LogP contribution is -2.54. The number of carbonyl (C=O) groups is 3. The number of nitrogens with one attached hydrogen (secondary N) is 1. The normalized spacial score (nSPS) is 15.4. The molecule has 0 atom stereocenters. The van der Waals surface area contributed by atoms with E-state index in [1.165, 1.54) is 12.1 Å². The molecule has 0 aliphatic carbocycles. The zero-order valence-electron chi connectivity index (χ0n) is 16.7. The number of urea groups is 1. The maximum absolute atomic E-state index is 13.1. The first-order valence-electron chi connectivity index (χ1n) is 9.51. The van der Waals surface area contributed by atoms with Gasteiger partial charge in [0.2, 0.25) is 0 Å². The van der Waals surface area contributed by atoms with Crippen LogP contribution in [-0.2, 0) is 16.1 Å². The molecule has 0 saturated carbocycles. The Morgan fingerprint density at radius 1 is 0.938 bits per heavy atom. The molecule has 0 unspecified atom stereocenters. The third kappa shape index (κ3) is 4.30. The number of amides is 4. The van der Waals surface area contributed by atoms with Crippen LogP contribution in [0.15, 0.2) is 60.3 Å². The molecule has 6 nitrogen and oxygen atoms in total. The average Bonchev–Trinajstić information content (AvgIpc) is 3.17. The van der Waals surface area contributed by atoms with E-state index in [4.69, 9.17) is 34.8 Å². The second-order valence-corrected chi connectivity index (χ2v) is 8.42. The van der Waals surface area contributed by atoms with Crippen LogP contribution >= 0.6 is 34.8 Å². The van der Waals surface area contributed by atoms with Crippen molar-refractivity contribution in [1.29, 1.82) is 0 Å². The summed E-state index contributed by atoms with van der Waals surface area (Å²) in [5.41, 5.74) is 2.39. The van der Waals surface area contributed by atoms with E-state index in [1.54, 1.807) is 43.3 Å². The molecule has 9 heteroatoms. The standard InChI is InChI=1S/C23H16Cl3N3O3/c1-13-4-6-16(11-19(13)25)29-22(31)17(21(30)27-23(29)32)10-15-3-2-8-28(15)12-14-5-7-18(24)20(26)9-14/h2-11H,12H2,1H3,(H,27,30,32)/b17-10+. The van der Waals surface area contributed by atoms with Crippen molar-refractivity contribution in [1.82, 2.24) is 9.88 Å². The molecule has 1 N–H and O–H groups in total. The lowest BCUT2D eigenvalue weighted by atomic mass is 10.1. The number of aryl methyl sites for hydroxylation is 1. The lowest BCUT2D eigenvalue weighted by molar-refractivity contribution is -0.122. The summed E-state index contributed by atoms with van der Waals surface area (Å²) in [6, 6.07) is 12.8. The van der Waals surface area contributed by atoms with E-state index in [-0.39, 0.29) is 11.3 Å². The Morgan fingerprint density at radius 2 is 1.72 bits per heavy atom. The number of benzene rings is 2. The van der Waals surface area contributed by atoms with Crippen LogP contribution in [0.25, 0.3) is 6.08 Å². The van der Waals surface area contributed by atoms with Crippen molar-refractivity contribution in [2.45, 2.75) is 13.5 Å². The van der Waals surface area contributed by atoms with Gasteiger partial charge in [-0.25, -0.2) is 9.69 Å². The van der Waals surface area contributed by atoms with Gasteiger partial charge in [0.05, 0.1) is 15.7 Å². The Hall–Kier alpha value is -3.06. The summed E-state index contributed by atoms with van der Waals surface area (Å²) in [5, 5.41) is 3.50. The molecule has 4 rings (SSSR count). The minimum Gasteiger partial charge on any atom is -0.344 e. The highest BCUT2D eigenvalue weighted by atomic mass is 35.5.